The summed E-state index contributed by atoms with van der Waals surface area (Å²) in [6.45, 7) is 2.11. The minimum atomic E-state index is -0.291. The van der Waals surface area contributed by atoms with E-state index in [2.05, 4.69) is 16.3 Å². The summed E-state index contributed by atoms with van der Waals surface area (Å²) in [6.07, 6.45) is 4.08. The third-order valence-electron chi connectivity index (χ3n) is 5.97. The number of aryl methyl sites for hydroxylation is 1. The number of anilines is 1. The molecule has 0 N–H and O–H groups in total. The lowest BCUT2D eigenvalue weighted by atomic mass is 10.0. The molecule has 5 rings (SSSR count). The van der Waals surface area contributed by atoms with Crippen molar-refractivity contribution in [1.82, 2.24) is 14.8 Å². The molecule has 0 radical (unpaired) electrons. The van der Waals surface area contributed by atoms with E-state index in [-0.39, 0.29) is 23.6 Å². The number of nitrogens with zero attached hydrogens (tertiary/aromatic N) is 4. The van der Waals surface area contributed by atoms with Crippen LogP contribution in [0.1, 0.15) is 24.8 Å². The highest BCUT2D eigenvalue weighted by molar-refractivity contribution is 7.99. The summed E-state index contributed by atoms with van der Waals surface area (Å²) in [7, 11) is 0. The number of benzene rings is 2. The summed E-state index contributed by atoms with van der Waals surface area (Å²) in [5.41, 5.74) is 3.02. The molecule has 0 bridgehead atoms. The number of hydrogen-bond donors (Lipinski definition) is 0. The molecule has 32 heavy (non-hydrogen) atoms. The zero-order valence-corrected chi connectivity index (χ0v) is 18.6. The fourth-order valence-corrected chi connectivity index (χ4v) is 5.19. The van der Waals surface area contributed by atoms with E-state index in [0.717, 1.165) is 50.1 Å². The average Bonchev–Trinajstić information content (AvgIpc) is 3.48. The van der Waals surface area contributed by atoms with Crippen molar-refractivity contribution in [1.29, 1.82) is 0 Å². The Morgan fingerprint density at radius 3 is 2.78 bits per heavy atom. The van der Waals surface area contributed by atoms with E-state index in [1.807, 2.05) is 27.7 Å². The number of para-hydroxylation sites is 1. The molecule has 1 aromatic heterocycles. The fraction of sp³-hybridized carbons (Fsp3) is 0.375. The number of amides is 1. The van der Waals surface area contributed by atoms with Gasteiger partial charge >= 0.3 is 0 Å². The van der Waals surface area contributed by atoms with Crippen molar-refractivity contribution < 1.29 is 13.9 Å². The van der Waals surface area contributed by atoms with Crippen LogP contribution in [0.2, 0.25) is 0 Å². The number of ether oxygens (including phenoxy) is 1. The van der Waals surface area contributed by atoms with Crippen LogP contribution >= 0.6 is 11.8 Å². The van der Waals surface area contributed by atoms with Crippen molar-refractivity contribution >= 4 is 23.4 Å². The SMILES string of the molecule is O=C(CSc1nnc(-c2ccc(F)cc2)n1C[C@@H]1CCCO1)N1CCCc2ccccc21. The summed E-state index contributed by atoms with van der Waals surface area (Å²) in [6, 6.07) is 14.4. The van der Waals surface area contributed by atoms with Gasteiger partial charge in [0.25, 0.3) is 0 Å². The Bertz CT molecular complexity index is 1100. The highest BCUT2D eigenvalue weighted by Gasteiger charge is 2.25. The first kappa shape index (κ1) is 21.2. The molecule has 0 spiro atoms. The first-order chi connectivity index (χ1) is 15.7. The molecule has 2 aromatic carbocycles. The summed E-state index contributed by atoms with van der Waals surface area (Å²) in [5, 5.41) is 9.43. The summed E-state index contributed by atoms with van der Waals surface area (Å²) in [4.78, 5) is 15.0. The van der Waals surface area contributed by atoms with Crippen LogP contribution < -0.4 is 4.90 Å². The molecule has 1 amide bonds. The number of rotatable bonds is 6. The Kier molecular flexibility index (Phi) is 6.23. The second kappa shape index (κ2) is 9.42. The molecule has 166 valence electrons. The maximum absolute atomic E-state index is 13.4. The number of halogens is 1. The van der Waals surface area contributed by atoms with Crippen molar-refractivity contribution in [2.45, 2.75) is 43.5 Å². The van der Waals surface area contributed by atoms with Gasteiger partial charge in [-0.15, -0.1) is 10.2 Å². The van der Waals surface area contributed by atoms with Gasteiger partial charge in [-0.05, 0) is 61.6 Å². The normalized spacial score (nSPS) is 18.0. The summed E-state index contributed by atoms with van der Waals surface area (Å²) >= 11 is 1.39. The smallest absolute Gasteiger partial charge is 0.237 e. The second-order valence-electron chi connectivity index (χ2n) is 8.13. The molecule has 2 aliphatic rings. The van der Waals surface area contributed by atoms with E-state index in [0.29, 0.717) is 17.5 Å². The van der Waals surface area contributed by atoms with E-state index in [4.69, 9.17) is 4.74 Å². The van der Waals surface area contributed by atoms with E-state index in [1.54, 1.807) is 12.1 Å². The number of fused-ring (bicyclic) bond motifs is 1. The lowest BCUT2D eigenvalue weighted by Gasteiger charge is -2.29. The molecule has 1 saturated heterocycles. The maximum Gasteiger partial charge on any atom is 0.237 e. The minimum absolute atomic E-state index is 0.0668. The molecule has 8 heteroatoms. The predicted octanol–water partition coefficient (Wildman–Crippen LogP) is 4.33. The van der Waals surface area contributed by atoms with Crippen LogP contribution in [-0.2, 0) is 22.5 Å². The van der Waals surface area contributed by atoms with E-state index in [9.17, 15) is 9.18 Å². The molecule has 1 atom stereocenters. The predicted molar refractivity (Wildman–Crippen MR) is 122 cm³/mol. The zero-order chi connectivity index (χ0) is 21.9. The van der Waals surface area contributed by atoms with Crippen LogP contribution in [0, 0.1) is 5.82 Å². The summed E-state index contributed by atoms with van der Waals surface area (Å²) < 4.78 is 21.3. The van der Waals surface area contributed by atoms with Crippen LogP contribution in [0.5, 0.6) is 0 Å². The molecule has 2 aliphatic heterocycles. The van der Waals surface area contributed by atoms with Crippen LogP contribution in [0.25, 0.3) is 11.4 Å². The van der Waals surface area contributed by atoms with E-state index < -0.39 is 0 Å². The number of carbonyl (C=O) groups excluding carboxylic acids is 1. The van der Waals surface area contributed by atoms with Gasteiger partial charge in [-0.1, -0.05) is 30.0 Å². The first-order valence-corrected chi connectivity index (χ1v) is 12.0. The third kappa shape index (κ3) is 4.42. The van der Waals surface area contributed by atoms with Crippen LogP contribution in [0.3, 0.4) is 0 Å². The highest BCUT2D eigenvalue weighted by Crippen LogP contribution is 2.30. The van der Waals surface area contributed by atoms with Crippen molar-refractivity contribution in [2.24, 2.45) is 0 Å². The molecule has 1 fully saturated rings. The number of aromatic nitrogens is 3. The van der Waals surface area contributed by atoms with Crippen LogP contribution in [0.4, 0.5) is 10.1 Å². The van der Waals surface area contributed by atoms with Gasteiger partial charge in [0.1, 0.15) is 5.82 Å². The molecule has 0 unspecified atom stereocenters. The quantitative estimate of drug-likeness (QED) is 0.521. The molecular weight excluding hydrogens is 427 g/mol. The monoisotopic (exact) mass is 452 g/mol. The molecule has 0 saturated carbocycles. The number of hydrogen-bond acceptors (Lipinski definition) is 5. The van der Waals surface area contributed by atoms with Crippen LogP contribution in [-0.4, -0.2) is 45.7 Å². The second-order valence-corrected chi connectivity index (χ2v) is 9.07. The number of thioether (sulfide) groups is 1. The largest absolute Gasteiger partial charge is 0.376 e. The maximum atomic E-state index is 13.4. The highest BCUT2D eigenvalue weighted by atomic mass is 32.2. The van der Waals surface area contributed by atoms with Gasteiger partial charge in [-0.25, -0.2) is 4.39 Å². The Labute approximate surface area is 190 Å². The van der Waals surface area contributed by atoms with Crippen molar-refractivity contribution in [3.8, 4) is 11.4 Å². The standard InChI is InChI=1S/C24H25FN4O2S/c25-19-11-9-18(10-12-19)23-26-27-24(29(23)15-20-7-4-14-31-20)32-16-22(30)28-13-3-6-17-5-1-2-8-21(17)28/h1-2,5,8-12,20H,3-4,6-7,13-16H2/t20-/m0/s1. The third-order valence-corrected chi connectivity index (χ3v) is 6.92. The topological polar surface area (TPSA) is 60.3 Å². The molecule has 3 heterocycles. The lowest BCUT2D eigenvalue weighted by Crippen LogP contribution is -2.36. The van der Waals surface area contributed by atoms with Crippen molar-refractivity contribution in [3.63, 3.8) is 0 Å². The molecule has 6 nitrogen and oxygen atoms in total. The van der Waals surface area contributed by atoms with Crippen molar-refractivity contribution in [2.75, 3.05) is 23.8 Å². The average molecular weight is 453 g/mol. The number of carbonyl (C=O) groups is 1. The van der Waals surface area contributed by atoms with Gasteiger partial charge in [0.2, 0.25) is 5.91 Å². The van der Waals surface area contributed by atoms with Gasteiger partial charge in [-0.3, -0.25) is 9.36 Å². The Hall–Kier alpha value is -2.71. The zero-order valence-electron chi connectivity index (χ0n) is 17.7. The van der Waals surface area contributed by atoms with Crippen molar-refractivity contribution in [3.05, 3.63) is 59.9 Å². The van der Waals surface area contributed by atoms with Gasteiger partial charge in [0.05, 0.1) is 18.4 Å². The van der Waals surface area contributed by atoms with Gasteiger partial charge in [-0.2, -0.15) is 0 Å². The molecular formula is C24H25FN4O2S. The molecule has 3 aromatic rings. The van der Waals surface area contributed by atoms with E-state index >= 15 is 0 Å². The van der Waals surface area contributed by atoms with E-state index in [1.165, 1.54) is 29.5 Å². The first-order valence-electron chi connectivity index (χ1n) is 11.0. The fourth-order valence-electron chi connectivity index (χ4n) is 4.36. The van der Waals surface area contributed by atoms with Gasteiger partial charge < -0.3 is 9.64 Å². The lowest BCUT2D eigenvalue weighted by molar-refractivity contribution is -0.116. The molecule has 0 aliphatic carbocycles. The Balaban J connectivity index is 1.36. The van der Waals surface area contributed by atoms with Gasteiger partial charge in [0, 0.05) is 24.4 Å². The van der Waals surface area contributed by atoms with Crippen LogP contribution in [0.15, 0.2) is 53.7 Å². The minimum Gasteiger partial charge on any atom is -0.376 e. The summed E-state index contributed by atoms with van der Waals surface area (Å²) in [5.74, 6) is 0.721. The Morgan fingerprint density at radius 1 is 1.12 bits per heavy atom. The Morgan fingerprint density at radius 2 is 1.97 bits per heavy atom. The van der Waals surface area contributed by atoms with Gasteiger partial charge in [0.15, 0.2) is 11.0 Å².